The van der Waals surface area contributed by atoms with Crippen molar-refractivity contribution in [1.82, 2.24) is 5.32 Å². The van der Waals surface area contributed by atoms with Crippen molar-refractivity contribution in [3.8, 4) is 0 Å². The Morgan fingerprint density at radius 1 is 1.26 bits per heavy atom. The topological polar surface area (TPSA) is 15.3 Å². The molecular weight excluding hydrogens is 256 g/mol. The van der Waals surface area contributed by atoms with Crippen LogP contribution in [0.1, 0.15) is 46.1 Å². The van der Waals surface area contributed by atoms with Gasteiger partial charge in [0, 0.05) is 29.8 Å². The van der Waals surface area contributed by atoms with Crippen LogP contribution < -0.4 is 10.2 Å². The van der Waals surface area contributed by atoms with Crippen molar-refractivity contribution in [1.29, 1.82) is 0 Å². The highest BCUT2D eigenvalue weighted by Crippen LogP contribution is 2.30. The van der Waals surface area contributed by atoms with Crippen LogP contribution in [0.2, 0.25) is 5.02 Å². The van der Waals surface area contributed by atoms with E-state index in [2.05, 4.69) is 57.1 Å². The molecule has 0 bridgehead atoms. The lowest BCUT2D eigenvalue weighted by molar-refractivity contribution is 0.469. The molecule has 0 spiro atoms. The molecule has 0 unspecified atom stereocenters. The lowest BCUT2D eigenvalue weighted by Crippen LogP contribution is -2.41. The number of nitrogens with one attached hydrogen (secondary N) is 1. The Kier molecular flexibility index (Phi) is 6.15. The van der Waals surface area contributed by atoms with Crippen LogP contribution in [0, 0.1) is 0 Å². The lowest BCUT2D eigenvalue weighted by atomic mass is 9.98. The second-order valence-electron chi connectivity index (χ2n) is 5.67. The molecule has 0 aromatic heterocycles. The van der Waals surface area contributed by atoms with Crippen molar-refractivity contribution in [3.63, 3.8) is 0 Å². The lowest BCUT2D eigenvalue weighted by Gasteiger charge is -2.38. The second kappa shape index (κ2) is 7.16. The van der Waals surface area contributed by atoms with Gasteiger partial charge < -0.3 is 10.2 Å². The molecule has 0 heterocycles. The van der Waals surface area contributed by atoms with Gasteiger partial charge >= 0.3 is 0 Å². The van der Waals surface area contributed by atoms with Crippen LogP contribution in [0.15, 0.2) is 18.2 Å². The van der Waals surface area contributed by atoms with Crippen molar-refractivity contribution in [3.05, 3.63) is 28.8 Å². The molecule has 108 valence electrons. The van der Waals surface area contributed by atoms with Crippen LogP contribution in [0.5, 0.6) is 0 Å². The van der Waals surface area contributed by atoms with E-state index in [9.17, 15) is 0 Å². The van der Waals surface area contributed by atoms with Gasteiger partial charge in [0.1, 0.15) is 0 Å². The highest BCUT2D eigenvalue weighted by atomic mass is 35.5. The number of nitrogens with zero attached hydrogens (tertiary/aromatic N) is 1. The minimum atomic E-state index is 0.129. The van der Waals surface area contributed by atoms with Gasteiger partial charge in [-0.25, -0.2) is 0 Å². The van der Waals surface area contributed by atoms with Crippen molar-refractivity contribution < 1.29 is 0 Å². The van der Waals surface area contributed by atoms with Crippen LogP contribution in [-0.4, -0.2) is 19.1 Å². The quantitative estimate of drug-likeness (QED) is 0.743. The summed E-state index contributed by atoms with van der Waals surface area (Å²) in [6.07, 6.45) is 2.25. The predicted octanol–water partition coefficient (Wildman–Crippen LogP) is 4.46. The first-order valence-electron chi connectivity index (χ1n) is 7.15. The van der Waals surface area contributed by atoms with Crippen LogP contribution in [0.25, 0.3) is 0 Å². The molecular formula is C16H27ClN2. The maximum Gasteiger partial charge on any atom is 0.0428 e. The summed E-state index contributed by atoms with van der Waals surface area (Å²) in [7, 11) is 2.15. The van der Waals surface area contributed by atoms with Crippen LogP contribution >= 0.6 is 11.6 Å². The van der Waals surface area contributed by atoms with Crippen molar-refractivity contribution in [2.45, 2.75) is 52.6 Å². The van der Waals surface area contributed by atoms with E-state index < -0.39 is 0 Å². The summed E-state index contributed by atoms with van der Waals surface area (Å²) in [5.74, 6) is 0. The van der Waals surface area contributed by atoms with Gasteiger partial charge in [-0.3, -0.25) is 0 Å². The standard InChI is InChI=1S/C16H27ClN2/c1-6-10-18-12-13-8-9-14(17)11-15(13)19(5)16(3,4)7-2/h8-9,11,18H,6-7,10,12H2,1-5H3. The fourth-order valence-corrected chi connectivity index (χ4v) is 2.13. The molecule has 2 nitrogen and oxygen atoms in total. The van der Waals surface area contributed by atoms with Gasteiger partial charge in [-0.05, 0) is 50.9 Å². The predicted molar refractivity (Wildman–Crippen MR) is 86.2 cm³/mol. The van der Waals surface area contributed by atoms with E-state index in [-0.39, 0.29) is 5.54 Å². The first-order chi connectivity index (χ1) is 8.92. The highest BCUT2D eigenvalue weighted by Gasteiger charge is 2.23. The summed E-state index contributed by atoms with van der Waals surface area (Å²) >= 11 is 6.17. The molecule has 19 heavy (non-hydrogen) atoms. The van der Waals surface area contributed by atoms with E-state index in [1.165, 1.54) is 11.3 Å². The summed E-state index contributed by atoms with van der Waals surface area (Å²) < 4.78 is 0. The van der Waals surface area contributed by atoms with Gasteiger partial charge in [0.2, 0.25) is 0 Å². The molecule has 1 rings (SSSR count). The van der Waals surface area contributed by atoms with Crippen molar-refractivity contribution in [2.24, 2.45) is 0 Å². The third-order valence-electron chi connectivity index (χ3n) is 3.92. The largest absolute Gasteiger partial charge is 0.369 e. The van der Waals surface area contributed by atoms with Gasteiger partial charge in [0.05, 0.1) is 0 Å². The molecule has 0 aliphatic heterocycles. The molecule has 1 N–H and O–H groups in total. The molecule has 0 radical (unpaired) electrons. The van der Waals surface area contributed by atoms with Gasteiger partial charge in [-0.2, -0.15) is 0 Å². The van der Waals surface area contributed by atoms with Gasteiger partial charge in [-0.1, -0.05) is 31.5 Å². The summed E-state index contributed by atoms with van der Waals surface area (Å²) in [6, 6.07) is 6.17. The Bertz CT molecular complexity index is 402. The minimum absolute atomic E-state index is 0.129. The number of anilines is 1. The number of rotatable bonds is 7. The monoisotopic (exact) mass is 282 g/mol. The molecule has 0 aliphatic rings. The summed E-state index contributed by atoms with van der Waals surface area (Å²) in [5, 5.41) is 4.26. The molecule has 0 fully saturated rings. The molecule has 0 atom stereocenters. The Balaban J connectivity index is 2.99. The zero-order valence-corrected chi connectivity index (χ0v) is 13.6. The normalized spacial score (nSPS) is 11.7. The fraction of sp³-hybridized carbons (Fsp3) is 0.625. The Hall–Kier alpha value is -0.730. The van der Waals surface area contributed by atoms with E-state index in [1.807, 2.05) is 6.07 Å². The average molecular weight is 283 g/mol. The van der Waals surface area contributed by atoms with E-state index in [1.54, 1.807) is 0 Å². The van der Waals surface area contributed by atoms with Crippen LogP contribution in [0.4, 0.5) is 5.69 Å². The zero-order chi connectivity index (χ0) is 14.5. The Labute approximate surface area is 123 Å². The summed E-state index contributed by atoms with van der Waals surface area (Å²) in [5.41, 5.74) is 2.66. The van der Waals surface area contributed by atoms with Crippen molar-refractivity contribution >= 4 is 17.3 Å². The Morgan fingerprint density at radius 3 is 2.53 bits per heavy atom. The third kappa shape index (κ3) is 4.39. The summed E-state index contributed by atoms with van der Waals surface area (Å²) in [6.45, 7) is 10.9. The average Bonchev–Trinajstić information content (AvgIpc) is 2.39. The first kappa shape index (κ1) is 16.3. The van der Waals surface area contributed by atoms with E-state index in [0.717, 1.165) is 31.0 Å². The zero-order valence-electron chi connectivity index (χ0n) is 12.9. The SMILES string of the molecule is CCCNCc1ccc(Cl)cc1N(C)C(C)(C)CC. The van der Waals surface area contributed by atoms with Crippen LogP contribution in [-0.2, 0) is 6.54 Å². The van der Waals surface area contributed by atoms with E-state index >= 15 is 0 Å². The number of halogens is 1. The number of hydrogen-bond donors (Lipinski definition) is 1. The Morgan fingerprint density at radius 2 is 1.95 bits per heavy atom. The fourth-order valence-electron chi connectivity index (χ4n) is 1.96. The number of hydrogen-bond acceptors (Lipinski definition) is 2. The third-order valence-corrected chi connectivity index (χ3v) is 4.16. The van der Waals surface area contributed by atoms with Crippen LogP contribution in [0.3, 0.4) is 0 Å². The first-order valence-corrected chi connectivity index (χ1v) is 7.53. The molecule has 3 heteroatoms. The van der Waals surface area contributed by atoms with Gasteiger partial charge in [0.25, 0.3) is 0 Å². The van der Waals surface area contributed by atoms with E-state index in [0.29, 0.717) is 0 Å². The molecule has 0 amide bonds. The number of benzene rings is 1. The van der Waals surface area contributed by atoms with E-state index in [4.69, 9.17) is 11.6 Å². The summed E-state index contributed by atoms with van der Waals surface area (Å²) in [4.78, 5) is 2.34. The smallest absolute Gasteiger partial charge is 0.0428 e. The van der Waals surface area contributed by atoms with Gasteiger partial charge in [0.15, 0.2) is 0 Å². The molecule has 0 saturated carbocycles. The minimum Gasteiger partial charge on any atom is -0.369 e. The maximum atomic E-state index is 6.17. The highest BCUT2D eigenvalue weighted by molar-refractivity contribution is 6.30. The molecule has 0 saturated heterocycles. The molecule has 0 aliphatic carbocycles. The van der Waals surface area contributed by atoms with Gasteiger partial charge in [-0.15, -0.1) is 0 Å². The molecule has 1 aromatic carbocycles. The van der Waals surface area contributed by atoms with Crippen molar-refractivity contribution in [2.75, 3.05) is 18.5 Å². The maximum absolute atomic E-state index is 6.17. The second-order valence-corrected chi connectivity index (χ2v) is 6.11. The molecule has 1 aromatic rings.